The molecular weight excluding hydrogens is 380 g/mol. The number of nitrogens with zero attached hydrogens (tertiary/aromatic N) is 2. The lowest BCUT2D eigenvalue weighted by molar-refractivity contribution is -0.139. The highest BCUT2D eigenvalue weighted by Gasteiger charge is 2.36. The highest BCUT2D eigenvalue weighted by molar-refractivity contribution is 5.62. The second-order valence-electron chi connectivity index (χ2n) is 6.24. The first kappa shape index (κ1) is 18.4. The van der Waals surface area contributed by atoms with E-state index in [9.17, 15) is 17.6 Å². The summed E-state index contributed by atoms with van der Waals surface area (Å²) in [4.78, 5) is 4.11. The van der Waals surface area contributed by atoms with Crippen molar-refractivity contribution in [2.45, 2.75) is 18.7 Å². The summed E-state index contributed by atoms with van der Waals surface area (Å²) in [5.41, 5.74) is -0.345. The van der Waals surface area contributed by atoms with Crippen LogP contribution in [-0.4, -0.2) is 29.5 Å². The van der Waals surface area contributed by atoms with Crippen LogP contribution in [0.1, 0.15) is 12.0 Å². The minimum Gasteiger partial charge on any atom is -0.487 e. The number of hydrogen-bond acceptors (Lipinski definition) is 5. The van der Waals surface area contributed by atoms with Crippen LogP contribution in [0.3, 0.4) is 0 Å². The number of alkyl halides is 3. The zero-order valence-corrected chi connectivity index (χ0v) is 14.4. The van der Waals surface area contributed by atoms with Crippen molar-refractivity contribution in [1.82, 2.24) is 10.1 Å². The number of rotatable bonds is 4. The third-order valence-corrected chi connectivity index (χ3v) is 4.24. The summed E-state index contributed by atoms with van der Waals surface area (Å²) in [7, 11) is 0. The van der Waals surface area contributed by atoms with Gasteiger partial charge in [-0.3, -0.25) is 0 Å². The van der Waals surface area contributed by atoms with Gasteiger partial charge in [0.05, 0.1) is 18.8 Å². The van der Waals surface area contributed by atoms with E-state index < -0.39 is 23.7 Å². The van der Waals surface area contributed by atoms with Crippen molar-refractivity contribution in [3.63, 3.8) is 0 Å². The van der Waals surface area contributed by atoms with Gasteiger partial charge in [-0.25, -0.2) is 4.39 Å². The van der Waals surface area contributed by atoms with Gasteiger partial charge in [0, 0.05) is 17.5 Å². The Labute approximate surface area is 156 Å². The van der Waals surface area contributed by atoms with E-state index >= 15 is 0 Å². The first-order valence-corrected chi connectivity index (χ1v) is 8.46. The summed E-state index contributed by atoms with van der Waals surface area (Å²) in [6.45, 7) is 0.712. The molecule has 2 aromatic carbocycles. The van der Waals surface area contributed by atoms with Crippen molar-refractivity contribution in [2.24, 2.45) is 0 Å². The Kier molecular flexibility index (Phi) is 4.76. The smallest absolute Gasteiger partial charge is 0.419 e. The molecule has 0 unspecified atom stereocenters. The molecule has 0 amide bonds. The molecule has 3 aromatic rings. The van der Waals surface area contributed by atoms with Crippen molar-refractivity contribution < 1.29 is 31.6 Å². The molecule has 0 radical (unpaired) electrons. The van der Waals surface area contributed by atoms with Gasteiger partial charge in [-0.15, -0.1) is 0 Å². The van der Waals surface area contributed by atoms with Gasteiger partial charge < -0.3 is 14.0 Å². The van der Waals surface area contributed by atoms with E-state index in [-0.39, 0.29) is 29.6 Å². The fraction of sp³-hybridized carbons (Fsp3) is 0.263. The van der Waals surface area contributed by atoms with E-state index in [2.05, 4.69) is 10.1 Å². The topological polar surface area (TPSA) is 57.4 Å². The first-order valence-electron chi connectivity index (χ1n) is 8.46. The van der Waals surface area contributed by atoms with Gasteiger partial charge in [-0.1, -0.05) is 5.16 Å². The van der Waals surface area contributed by atoms with Crippen LogP contribution in [-0.2, 0) is 10.9 Å². The third kappa shape index (κ3) is 3.84. The Morgan fingerprint density at radius 3 is 2.46 bits per heavy atom. The van der Waals surface area contributed by atoms with Gasteiger partial charge in [0.1, 0.15) is 17.7 Å². The molecule has 0 N–H and O–H groups in total. The van der Waals surface area contributed by atoms with E-state index in [0.29, 0.717) is 18.6 Å². The molecule has 0 bridgehead atoms. The molecule has 2 heterocycles. The monoisotopic (exact) mass is 394 g/mol. The summed E-state index contributed by atoms with van der Waals surface area (Å²) >= 11 is 0. The van der Waals surface area contributed by atoms with Crippen molar-refractivity contribution >= 4 is 0 Å². The van der Waals surface area contributed by atoms with Crippen LogP contribution in [0.25, 0.3) is 22.8 Å². The molecule has 1 aliphatic rings. The van der Waals surface area contributed by atoms with Crippen molar-refractivity contribution in [1.29, 1.82) is 0 Å². The number of benzene rings is 2. The van der Waals surface area contributed by atoms with Gasteiger partial charge in [-0.05, 0) is 42.5 Å². The minimum atomic E-state index is -4.62. The standard InChI is InChI=1S/C19H14F4N2O3/c20-13-4-1-11(2-5-13)18-24-17(25-28-18)12-3-6-16(15(9-12)19(21,22)23)27-14-7-8-26-10-14/h1-6,9,14H,7-8,10H2/t14-/m0/s1. The zero-order chi connectivity index (χ0) is 19.7. The van der Waals surface area contributed by atoms with Crippen LogP contribution in [0.15, 0.2) is 47.0 Å². The van der Waals surface area contributed by atoms with E-state index in [4.69, 9.17) is 14.0 Å². The molecule has 0 saturated carbocycles. The first-order chi connectivity index (χ1) is 13.4. The molecule has 146 valence electrons. The molecule has 0 aliphatic carbocycles. The Morgan fingerprint density at radius 1 is 1.04 bits per heavy atom. The van der Waals surface area contributed by atoms with Crippen LogP contribution in [0.4, 0.5) is 17.6 Å². The summed E-state index contributed by atoms with van der Waals surface area (Å²) in [6, 6.07) is 8.91. The van der Waals surface area contributed by atoms with Crippen LogP contribution in [0, 0.1) is 5.82 Å². The minimum absolute atomic E-state index is 0.0134. The van der Waals surface area contributed by atoms with Crippen LogP contribution < -0.4 is 4.74 Å². The quantitative estimate of drug-likeness (QED) is 0.599. The van der Waals surface area contributed by atoms with E-state index in [1.165, 1.54) is 36.4 Å². The molecule has 1 fully saturated rings. The van der Waals surface area contributed by atoms with Crippen LogP contribution >= 0.6 is 0 Å². The summed E-state index contributed by atoms with van der Waals surface area (Å²) in [5, 5.41) is 3.73. The van der Waals surface area contributed by atoms with Gasteiger partial charge in [0.2, 0.25) is 5.82 Å². The third-order valence-electron chi connectivity index (χ3n) is 4.24. The largest absolute Gasteiger partial charge is 0.487 e. The Morgan fingerprint density at radius 2 is 1.79 bits per heavy atom. The predicted molar refractivity (Wildman–Crippen MR) is 90.0 cm³/mol. The number of aromatic nitrogens is 2. The average molecular weight is 394 g/mol. The summed E-state index contributed by atoms with van der Waals surface area (Å²) < 4.78 is 69.3. The number of ether oxygens (including phenoxy) is 2. The maximum absolute atomic E-state index is 13.5. The molecule has 0 spiro atoms. The van der Waals surface area contributed by atoms with Crippen LogP contribution in [0.5, 0.6) is 5.75 Å². The molecule has 28 heavy (non-hydrogen) atoms. The summed E-state index contributed by atoms with van der Waals surface area (Å²) in [6.07, 6.45) is -4.50. The fourth-order valence-electron chi connectivity index (χ4n) is 2.83. The lowest BCUT2D eigenvalue weighted by Crippen LogP contribution is -2.18. The molecule has 1 aliphatic heterocycles. The molecule has 9 heteroatoms. The fourth-order valence-corrected chi connectivity index (χ4v) is 2.83. The highest BCUT2D eigenvalue weighted by Crippen LogP contribution is 2.39. The van der Waals surface area contributed by atoms with Gasteiger partial charge in [0.25, 0.3) is 5.89 Å². The molecule has 1 aromatic heterocycles. The van der Waals surface area contributed by atoms with E-state index in [0.717, 1.165) is 6.07 Å². The second-order valence-corrected chi connectivity index (χ2v) is 6.24. The highest BCUT2D eigenvalue weighted by atomic mass is 19.4. The van der Waals surface area contributed by atoms with Gasteiger partial charge in [0.15, 0.2) is 0 Å². The number of halogens is 4. The van der Waals surface area contributed by atoms with Crippen molar-refractivity contribution in [3.05, 3.63) is 53.8 Å². The van der Waals surface area contributed by atoms with Gasteiger partial charge in [-0.2, -0.15) is 18.2 Å². The lowest BCUT2D eigenvalue weighted by atomic mass is 10.1. The lowest BCUT2D eigenvalue weighted by Gasteiger charge is -2.17. The Hall–Kier alpha value is -2.94. The SMILES string of the molecule is Fc1ccc(-c2nc(-c3ccc(O[C@H]4CCOC4)c(C(F)(F)F)c3)no2)cc1. The predicted octanol–water partition coefficient (Wildman–Crippen LogP) is 4.73. The number of hydrogen-bond donors (Lipinski definition) is 0. The maximum Gasteiger partial charge on any atom is 0.419 e. The zero-order valence-electron chi connectivity index (χ0n) is 14.4. The van der Waals surface area contributed by atoms with Gasteiger partial charge >= 0.3 is 6.18 Å². The van der Waals surface area contributed by atoms with E-state index in [1.54, 1.807) is 0 Å². The molecular formula is C19H14F4N2O3. The Bertz CT molecular complexity index is 964. The van der Waals surface area contributed by atoms with Crippen LogP contribution in [0.2, 0.25) is 0 Å². The van der Waals surface area contributed by atoms with Crippen molar-refractivity contribution in [3.8, 4) is 28.6 Å². The van der Waals surface area contributed by atoms with Crippen molar-refractivity contribution in [2.75, 3.05) is 13.2 Å². The summed E-state index contributed by atoms with van der Waals surface area (Å²) in [5.74, 6) is -0.636. The van der Waals surface area contributed by atoms with E-state index in [1.807, 2.05) is 0 Å². The molecule has 1 saturated heterocycles. The second kappa shape index (κ2) is 7.23. The Balaban J connectivity index is 1.65. The normalized spacial score (nSPS) is 17.1. The molecule has 5 nitrogen and oxygen atoms in total. The molecule has 1 atom stereocenters. The molecule has 4 rings (SSSR count). The maximum atomic E-state index is 13.5. The average Bonchev–Trinajstić information content (AvgIpc) is 3.34.